The molecular formula is C26H39N3O4Si. The van der Waals surface area contributed by atoms with Crippen molar-refractivity contribution in [2.24, 2.45) is 7.05 Å². The summed E-state index contributed by atoms with van der Waals surface area (Å²) in [7, 11) is -0.0298. The predicted molar refractivity (Wildman–Crippen MR) is 139 cm³/mol. The third-order valence-electron chi connectivity index (χ3n) is 7.56. The predicted octanol–water partition coefficient (Wildman–Crippen LogP) is 5.89. The maximum Gasteiger partial charge on any atom is 0.352 e. The van der Waals surface area contributed by atoms with Crippen molar-refractivity contribution in [2.45, 2.75) is 78.6 Å². The Hall–Kier alpha value is -2.42. The molecule has 186 valence electrons. The summed E-state index contributed by atoms with van der Waals surface area (Å²) in [5, 5.41) is 25.5. The highest BCUT2D eigenvalue weighted by molar-refractivity contribution is 6.74. The number of aryl methyl sites for hydroxylation is 2. The molecule has 7 nitrogen and oxygen atoms in total. The SMILES string of the molecule is Cc1ccc2c(C(C)CCO[Si](C)(C)C(C)(C)C)c(C(=O)O)[nH]c2c1-c1c(CO)nn(C)c1C. The number of carboxylic acids is 1. The molecule has 0 spiro atoms. The lowest BCUT2D eigenvalue weighted by Crippen LogP contribution is -2.41. The Morgan fingerprint density at radius 3 is 2.44 bits per heavy atom. The summed E-state index contributed by atoms with van der Waals surface area (Å²) in [5.41, 5.74) is 6.04. The van der Waals surface area contributed by atoms with Crippen LogP contribution in [-0.4, -0.2) is 45.9 Å². The van der Waals surface area contributed by atoms with Gasteiger partial charge in [-0.25, -0.2) is 4.79 Å². The molecule has 3 aromatic rings. The number of fused-ring (bicyclic) bond motifs is 1. The fourth-order valence-electron chi connectivity index (χ4n) is 4.36. The number of benzene rings is 1. The number of hydrogen-bond acceptors (Lipinski definition) is 4. The molecule has 3 N–H and O–H groups in total. The first-order valence-corrected chi connectivity index (χ1v) is 14.8. The van der Waals surface area contributed by atoms with Crippen LogP contribution in [0.25, 0.3) is 22.0 Å². The average molecular weight is 486 g/mol. The van der Waals surface area contributed by atoms with E-state index >= 15 is 0 Å². The van der Waals surface area contributed by atoms with Crippen LogP contribution in [0.2, 0.25) is 18.1 Å². The topological polar surface area (TPSA) is 100 Å². The quantitative estimate of drug-likeness (QED) is 0.345. The maximum atomic E-state index is 12.3. The van der Waals surface area contributed by atoms with Gasteiger partial charge >= 0.3 is 5.97 Å². The van der Waals surface area contributed by atoms with Crippen molar-refractivity contribution >= 4 is 25.2 Å². The second-order valence-electron chi connectivity index (χ2n) is 10.9. The number of hydrogen-bond donors (Lipinski definition) is 3. The van der Waals surface area contributed by atoms with E-state index in [0.29, 0.717) is 12.3 Å². The number of aliphatic hydroxyl groups is 1. The summed E-state index contributed by atoms with van der Waals surface area (Å²) in [6.45, 7) is 17.6. The van der Waals surface area contributed by atoms with Gasteiger partial charge in [0.2, 0.25) is 0 Å². The van der Waals surface area contributed by atoms with Crippen LogP contribution in [-0.2, 0) is 18.1 Å². The highest BCUT2D eigenvalue weighted by Crippen LogP contribution is 2.41. The van der Waals surface area contributed by atoms with E-state index in [0.717, 1.165) is 45.3 Å². The van der Waals surface area contributed by atoms with Gasteiger partial charge in [-0.3, -0.25) is 4.68 Å². The van der Waals surface area contributed by atoms with Crippen molar-refractivity contribution in [3.63, 3.8) is 0 Å². The van der Waals surface area contributed by atoms with Crippen LogP contribution in [0.15, 0.2) is 12.1 Å². The summed E-state index contributed by atoms with van der Waals surface area (Å²) >= 11 is 0. The van der Waals surface area contributed by atoms with E-state index in [2.05, 4.69) is 50.9 Å². The van der Waals surface area contributed by atoms with Crippen LogP contribution >= 0.6 is 0 Å². The number of nitrogens with one attached hydrogen (secondary N) is 1. The van der Waals surface area contributed by atoms with Crippen LogP contribution in [0, 0.1) is 13.8 Å². The van der Waals surface area contributed by atoms with Gasteiger partial charge in [-0.1, -0.05) is 39.8 Å². The highest BCUT2D eigenvalue weighted by atomic mass is 28.4. The zero-order chi connectivity index (χ0) is 25.6. The van der Waals surface area contributed by atoms with Gasteiger partial charge in [0.25, 0.3) is 0 Å². The smallest absolute Gasteiger partial charge is 0.352 e. The van der Waals surface area contributed by atoms with E-state index in [1.165, 1.54) is 0 Å². The largest absolute Gasteiger partial charge is 0.477 e. The number of aromatic nitrogens is 3. The maximum absolute atomic E-state index is 12.3. The first-order valence-electron chi connectivity index (χ1n) is 11.9. The zero-order valence-corrected chi connectivity index (χ0v) is 23.0. The summed E-state index contributed by atoms with van der Waals surface area (Å²) in [4.78, 5) is 15.5. The Kier molecular flexibility index (Phi) is 7.18. The Morgan fingerprint density at radius 1 is 1.24 bits per heavy atom. The van der Waals surface area contributed by atoms with Crippen molar-refractivity contribution in [2.75, 3.05) is 6.61 Å². The van der Waals surface area contributed by atoms with Gasteiger partial charge in [0.15, 0.2) is 8.32 Å². The van der Waals surface area contributed by atoms with E-state index in [1.54, 1.807) is 4.68 Å². The second-order valence-corrected chi connectivity index (χ2v) is 15.7. The summed E-state index contributed by atoms with van der Waals surface area (Å²) in [6, 6.07) is 4.02. The van der Waals surface area contributed by atoms with E-state index in [1.807, 2.05) is 33.0 Å². The average Bonchev–Trinajstić information content (AvgIpc) is 3.25. The Bertz CT molecular complexity index is 1220. The number of carboxylic acid groups (broad SMARTS) is 1. The van der Waals surface area contributed by atoms with Gasteiger partial charge < -0.3 is 19.6 Å². The number of H-pyrrole nitrogens is 1. The number of aliphatic hydroxyl groups excluding tert-OH is 1. The molecule has 3 rings (SSSR count). The summed E-state index contributed by atoms with van der Waals surface area (Å²) in [5.74, 6) is -0.982. The molecule has 0 amide bonds. The molecule has 0 fully saturated rings. The van der Waals surface area contributed by atoms with Crippen LogP contribution in [0.5, 0.6) is 0 Å². The molecule has 0 radical (unpaired) electrons. The van der Waals surface area contributed by atoms with Crippen LogP contribution in [0.3, 0.4) is 0 Å². The second kappa shape index (κ2) is 9.32. The number of nitrogens with zero attached hydrogens (tertiary/aromatic N) is 2. The molecule has 34 heavy (non-hydrogen) atoms. The molecule has 0 aliphatic carbocycles. The van der Waals surface area contributed by atoms with Gasteiger partial charge in [-0.15, -0.1) is 0 Å². The van der Waals surface area contributed by atoms with Gasteiger partial charge in [-0.05, 0) is 55.4 Å². The van der Waals surface area contributed by atoms with E-state index < -0.39 is 14.3 Å². The van der Waals surface area contributed by atoms with Crippen molar-refractivity contribution in [1.82, 2.24) is 14.8 Å². The molecule has 2 heterocycles. The molecule has 0 saturated carbocycles. The van der Waals surface area contributed by atoms with Crippen LogP contribution in [0.4, 0.5) is 0 Å². The van der Waals surface area contributed by atoms with Crippen LogP contribution in [0.1, 0.15) is 73.0 Å². The van der Waals surface area contributed by atoms with Crippen molar-refractivity contribution in [1.29, 1.82) is 0 Å². The minimum atomic E-state index is -1.88. The molecular weight excluding hydrogens is 446 g/mol. The van der Waals surface area contributed by atoms with Gasteiger partial charge in [0.05, 0.1) is 17.8 Å². The molecule has 1 aromatic carbocycles. The fourth-order valence-corrected chi connectivity index (χ4v) is 5.42. The zero-order valence-electron chi connectivity index (χ0n) is 22.0. The first kappa shape index (κ1) is 26.2. The fraction of sp³-hybridized carbons (Fsp3) is 0.538. The number of aromatic amines is 1. The van der Waals surface area contributed by atoms with Crippen molar-refractivity contribution in [3.8, 4) is 11.1 Å². The van der Waals surface area contributed by atoms with E-state index in [9.17, 15) is 15.0 Å². The lowest BCUT2D eigenvalue weighted by Gasteiger charge is -2.36. The Morgan fingerprint density at radius 2 is 1.88 bits per heavy atom. The summed E-state index contributed by atoms with van der Waals surface area (Å²) < 4.78 is 8.13. The monoisotopic (exact) mass is 485 g/mol. The molecule has 1 atom stereocenters. The molecule has 0 aliphatic heterocycles. The van der Waals surface area contributed by atoms with E-state index in [4.69, 9.17) is 4.43 Å². The molecule has 1 unspecified atom stereocenters. The van der Waals surface area contributed by atoms with Crippen molar-refractivity contribution < 1.29 is 19.4 Å². The molecule has 0 aliphatic rings. The minimum Gasteiger partial charge on any atom is -0.477 e. The van der Waals surface area contributed by atoms with Gasteiger partial charge in [0, 0.05) is 35.9 Å². The highest BCUT2D eigenvalue weighted by Gasteiger charge is 2.37. The van der Waals surface area contributed by atoms with E-state index in [-0.39, 0.29) is 23.3 Å². The van der Waals surface area contributed by atoms with Gasteiger partial charge in [-0.2, -0.15) is 5.10 Å². The first-order chi connectivity index (χ1) is 15.7. The number of rotatable bonds is 8. The number of aromatic carboxylic acids is 1. The normalized spacial score (nSPS) is 13.6. The third-order valence-corrected chi connectivity index (χ3v) is 12.1. The Balaban J connectivity index is 2.10. The van der Waals surface area contributed by atoms with Gasteiger partial charge in [0.1, 0.15) is 5.69 Å². The third kappa shape index (κ3) is 4.59. The standard InChI is InChI=1S/C26H39N3O4Si/c1-15-10-11-18-20(16(2)12-13-33-34(8,9)26(4,5)6)24(25(31)32)27-23(18)21(15)22-17(3)29(7)28-19(22)14-30/h10-11,16,27,30H,12-14H2,1-9H3,(H,31,32). The lowest BCUT2D eigenvalue weighted by atomic mass is 9.91. The molecule has 0 bridgehead atoms. The van der Waals surface area contributed by atoms with Crippen LogP contribution < -0.4 is 0 Å². The molecule has 0 saturated heterocycles. The Labute approximate surface area is 203 Å². The molecule has 2 aromatic heterocycles. The lowest BCUT2D eigenvalue weighted by molar-refractivity contribution is 0.0689. The summed E-state index contributed by atoms with van der Waals surface area (Å²) in [6.07, 6.45) is 0.733. The molecule has 8 heteroatoms. The number of carbonyl (C=O) groups is 1. The minimum absolute atomic E-state index is 0.00696. The van der Waals surface area contributed by atoms with Crippen molar-refractivity contribution in [3.05, 3.63) is 40.3 Å².